The molecule has 88 valence electrons. The molecule has 1 aromatic carbocycles. The maximum Gasteiger partial charge on any atom is 0.167 e. The first kappa shape index (κ1) is 13.5. The molecule has 0 aliphatic heterocycles. The van der Waals surface area contributed by atoms with E-state index in [1.54, 1.807) is 12.1 Å². The van der Waals surface area contributed by atoms with Gasteiger partial charge in [-0.1, -0.05) is 22.9 Å². The number of ketones is 1. The standard InChI is InChI=1S/C12H14BrClO2/c1-2-7-16-12-4-3-9(13)8-10(12)11(15)5-6-14/h3-4,8H,2,5-7H2,1H3. The first-order valence-electron chi connectivity index (χ1n) is 5.20. The van der Waals surface area contributed by atoms with Gasteiger partial charge < -0.3 is 4.74 Å². The van der Waals surface area contributed by atoms with Crippen LogP contribution < -0.4 is 4.74 Å². The van der Waals surface area contributed by atoms with Crippen molar-refractivity contribution in [3.8, 4) is 5.75 Å². The van der Waals surface area contributed by atoms with Crippen LogP contribution in [0.15, 0.2) is 22.7 Å². The minimum Gasteiger partial charge on any atom is -0.493 e. The van der Waals surface area contributed by atoms with Crippen LogP contribution in [0, 0.1) is 0 Å². The highest BCUT2D eigenvalue weighted by Gasteiger charge is 2.12. The van der Waals surface area contributed by atoms with Gasteiger partial charge in [-0.2, -0.15) is 0 Å². The molecular formula is C12H14BrClO2. The van der Waals surface area contributed by atoms with Crippen molar-refractivity contribution in [3.05, 3.63) is 28.2 Å². The molecule has 2 nitrogen and oxygen atoms in total. The molecule has 0 amide bonds. The Morgan fingerprint density at radius 1 is 1.50 bits per heavy atom. The fourth-order valence-electron chi connectivity index (χ4n) is 1.28. The molecule has 0 bridgehead atoms. The molecule has 0 unspecified atom stereocenters. The molecule has 0 radical (unpaired) electrons. The minimum atomic E-state index is 0.0161. The number of carbonyl (C=O) groups is 1. The molecule has 1 rings (SSSR count). The average Bonchev–Trinajstić information content (AvgIpc) is 2.27. The first-order valence-corrected chi connectivity index (χ1v) is 6.53. The molecule has 4 heteroatoms. The summed E-state index contributed by atoms with van der Waals surface area (Å²) in [6.07, 6.45) is 1.25. The van der Waals surface area contributed by atoms with Crippen molar-refractivity contribution in [2.24, 2.45) is 0 Å². The highest BCUT2D eigenvalue weighted by molar-refractivity contribution is 9.10. The molecule has 0 spiro atoms. The zero-order valence-electron chi connectivity index (χ0n) is 9.13. The molecule has 0 aliphatic carbocycles. The Morgan fingerprint density at radius 3 is 2.88 bits per heavy atom. The highest BCUT2D eigenvalue weighted by Crippen LogP contribution is 2.24. The lowest BCUT2D eigenvalue weighted by Gasteiger charge is -2.10. The predicted octanol–water partition coefficient (Wildman–Crippen LogP) is 4.05. The second kappa shape index (κ2) is 6.92. The number of benzene rings is 1. The van der Waals surface area contributed by atoms with E-state index in [-0.39, 0.29) is 5.78 Å². The predicted molar refractivity (Wildman–Crippen MR) is 69.6 cm³/mol. The third-order valence-electron chi connectivity index (χ3n) is 2.03. The Kier molecular flexibility index (Phi) is 5.85. The SMILES string of the molecule is CCCOc1ccc(Br)cc1C(=O)CCCl. The summed E-state index contributed by atoms with van der Waals surface area (Å²) in [6, 6.07) is 5.45. The van der Waals surface area contributed by atoms with Crippen molar-refractivity contribution in [3.63, 3.8) is 0 Å². The lowest BCUT2D eigenvalue weighted by Crippen LogP contribution is -2.05. The Hall–Kier alpha value is -0.540. The molecule has 0 N–H and O–H groups in total. The molecule has 16 heavy (non-hydrogen) atoms. The van der Waals surface area contributed by atoms with E-state index in [4.69, 9.17) is 16.3 Å². The van der Waals surface area contributed by atoms with Gasteiger partial charge in [0.25, 0.3) is 0 Å². The van der Waals surface area contributed by atoms with Crippen LogP contribution in [-0.2, 0) is 0 Å². The fraction of sp³-hybridized carbons (Fsp3) is 0.417. The summed E-state index contributed by atoms with van der Waals surface area (Å²) in [4.78, 5) is 11.8. The first-order chi connectivity index (χ1) is 7.69. The molecule has 0 aromatic heterocycles. The van der Waals surface area contributed by atoms with Gasteiger partial charge in [-0.05, 0) is 24.6 Å². The lowest BCUT2D eigenvalue weighted by molar-refractivity contribution is 0.0985. The number of halogens is 2. The smallest absolute Gasteiger partial charge is 0.167 e. The number of carbonyl (C=O) groups excluding carboxylic acids is 1. The topological polar surface area (TPSA) is 26.3 Å². The summed E-state index contributed by atoms with van der Waals surface area (Å²) >= 11 is 8.91. The van der Waals surface area contributed by atoms with E-state index >= 15 is 0 Å². The zero-order chi connectivity index (χ0) is 12.0. The van der Waals surface area contributed by atoms with Gasteiger partial charge in [0, 0.05) is 16.8 Å². The molecule has 0 atom stereocenters. The normalized spacial score (nSPS) is 10.2. The highest BCUT2D eigenvalue weighted by atomic mass is 79.9. The van der Waals surface area contributed by atoms with Crippen LogP contribution >= 0.6 is 27.5 Å². The maximum atomic E-state index is 11.8. The summed E-state index contributed by atoms with van der Waals surface area (Å²) in [5, 5.41) is 0. The maximum absolute atomic E-state index is 11.8. The van der Waals surface area contributed by atoms with Crippen LogP contribution in [0.1, 0.15) is 30.1 Å². The van der Waals surface area contributed by atoms with Crippen LogP contribution in [0.5, 0.6) is 5.75 Å². The van der Waals surface area contributed by atoms with Gasteiger partial charge in [0.1, 0.15) is 5.75 Å². The van der Waals surface area contributed by atoms with Crippen molar-refractivity contribution in [1.82, 2.24) is 0 Å². The Labute approximate surface area is 109 Å². The molecule has 0 saturated heterocycles. The van der Waals surface area contributed by atoms with E-state index in [9.17, 15) is 4.79 Å². The third-order valence-corrected chi connectivity index (χ3v) is 2.71. The molecule has 1 aromatic rings. The molecular weight excluding hydrogens is 291 g/mol. The number of hydrogen-bond donors (Lipinski definition) is 0. The largest absolute Gasteiger partial charge is 0.493 e. The summed E-state index contributed by atoms with van der Waals surface area (Å²) < 4.78 is 6.39. The van der Waals surface area contributed by atoms with Crippen molar-refractivity contribution in [1.29, 1.82) is 0 Å². The Bertz CT molecular complexity index is 366. The molecule has 0 aliphatic rings. The van der Waals surface area contributed by atoms with Crippen molar-refractivity contribution >= 4 is 33.3 Å². The molecule has 0 heterocycles. The van der Waals surface area contributed by atoms with Crippen molar-refractivity contribution in [2.45, 2.75) is 19.8 Å². The second-order valence-corrected chi connectivity index (χ2v) is 4.64. The fourth-order valence-corrected chi connectivity index (χ4v) is 1.81. The van der Waals surface area contributed by atoms with Crippen LogP contribution in [0.25, 0.3) is 0 Å². The number of alkyl halides is 1. The van der Waals surface area contributed by atoms with Gasteiger partial charge >= 0.3 is 0 Å². The van der Waals surface area contributed by atoms with Crippen LogP contribution in [0.3, 0.4) is 0 Å². The molecule has 0 fully saturated rings. The quantitative estimate of drug-likeness (QED) is 0.585. The van der Waals surface area contributed by atoms with Gasteiger partial charge in [0.15, 0.2) is 5.78 Å². The summed E-state index contributed by atoms with van der Waals surface area (Å²) in [5.41, 5.74) is 0.600. The van der Waals surface area contributed by atoms with Crippen molar-refractivity contribution in [2.75, 3.05) is 12.5 Å². The number of hydrogen-bond acceptors (Lipinski definition) is 2. The van der Waals surface area contributed by atoms with Gasteiger partial charge in [-0.15, -0.1) is 11.6 Å². The minimum absolute atomic E-state index is 0.0161. The van der Waals surface area contributed by atoms with E-state index in [0.717, 1.165) is 10.9 Å². The van der Waals surface area contributed by atoms with E-state index < -0.39 is 0 Å². The summed E-state index contributed by atoms with van der Waals surface area (Å²) in [7, 11) is 0. The van der Waals surface area contributed by atoms with Gasteiger partial charge in [0.05, 0.1) is 12.2 Å². The zero-order valence-corrected chi connectivity index (χ0v) is 11.5. The number of Topliss-reactive ketones (excluding diaryl/α,β-unsaturated/α-hetero) is 1. The summed E-state index contributed by atoms with van der Waals surface area (Å²) in [5.74, 6) is 0.987. The third kappa shape index (κ3) is 3.80. The Morgan fingerprint density at radius 2 is 2.25 bits per heavy atom. The Balaban J connectivity index is 2.93. The monoisotopic (exact) mass is 304 g/mol. The second-order valence-electron chi connectivity index (χ2n) is 3.35. The van der Waals surface area contributed by atoms with Crippen LogP contribution in [0.2, 0.25) is 0 Å². The lowest BCUT2D eigenvalue weighted by atomic mass is 10.1. The van der Waals surface area contributed by atoms with Crippen LogP contribution in [0.4, 0.5) is 0 Å². The van der Waals surface area contributed by atoms with E-state index in [1.807, 2.05) is 13.0 Å². The average molecular weight is 306 g/mol. The van der Waals surface area contributed by atoms with E-state index in [0.29, 0.717) is 30.2 Å². The molecule has 0 saturated carbocycles. The van der Waals surface area contributed by atoms with E-state index in [2.05, 4.69) is 15.9 Å². The van der Waals surface area contributed by atoms with Gasteiger partial charge in [-0.25, -0.2) is 0 Å². The number of ether oxygens (including phenoxy) is 1. The summed E-state index contributed by atoms with van der Waals surface area (Å²) in [6.45, 7) is 2.64. The van der Waals surface area contributed by atoms with Gasteiger partial charge in [-0.3, -0.25) is 4.79 Å². The van der Waals surface area contributed by atoms with Crippen molar-refractivity contribution < 1.29 is 9.53 Å². The number of rotatable bonds is 6. The van der Waals surface area contributed by atoms with E-state index in [1.165, 1.54) is 0 Å². The van der Waals surface area contributed by atoms with Gasteiger partial charge in [0.2, 0.25) is 0 Å². The van der Waals surface area contributed by atoms with Crippen LogP contribution in [-0.4, -0.2) is 18.3 Å².